The highest BCUT2D eigenvalue weighted by molar-refractivity contribution is 8.00. The zero-order chi connectivity index (χ0) is 25.7. The molecule has 1 aliphatic heterocycles. The molecule has 0 aliphatic carbocycles. The van der Waals surface area contributed by atoms with Gasteiger partial charge in [-0.25, -0.2) is 13.8 Å². The number of amides is 1. The lowest BCUT2D eigenvalue weighted by Crippen LogP contribution is -2.31. The van der Waals surface area contributed by atoms with E-state index in [1.54, 1.807) is 36.5 Å². The lowest BCUT2D eigenvalue weighted by atomic mass is 10.1. The molecule has 7 nitrogen and oxygen atoms in total. The predicted octanol–water partition coefficient (Wildman–Crippen LogP) is 4.53. The number of thioether (sulfide) groups is 1. The average molecular weight is 524 g/mol. The number of ether oxygens (including phenoxy) is 1. The van der Waals surface area contributed by atoms with Crippen LogP contribution in [0.2, 0.25) is 0 Å². The molecule has 0 radical (unpaired) electrons. The Morgan fingerprint density at radius 2 is 1.83 bits per heavy atom. The van der Waals surface area contributed by atoms with Crippen LogP contribution in [0.25, 0.3) is 0 Å². The van der Waals surface area contributed by atoms with Crippen LogP contribution in [-0.2, 0) is 16.6 Å². The molecule has 0 saturated carbocycles. The summed E-state index contributed by atoms with van der Waals surface area (Å²) < 4.78 is 32.2. The van der Waals surface area contributed by atoms with Gasteiger partial charge < -0.3 is 4.74 Å². The van der Waals surface area contributed by atoms with Crippen molar-refractivity contribution in [3.63, 3.8) is 0 Å². The van der Waals surface area contributed by atoms with E-state index in [1.165, 1.54) is 10.6 Å². The Morgan fingerprint density at radius 1 is 1.08 bits per heavy atom. The summed E-state index contributed by atoms with van der Waals surface area (Å²) >= 11 is 1.86. The molecule has 9 heteroatoms. The summed E-state index contributed by atoms with van der Waals surface area (Å²) in [6.45, 7) is 4.10. The van der Waals surface area contributed by atoms with Gasteiger partial charge >= 0.3 is 0 Å². The number of nitrogens with one attached hydrogen (secondary N) is 1. The quantitative estimate of drug-likeness (QED) is 0.329. The normalized spacial score (nSPS) is 13.9. The maximum atomic E-state index is 12.5. The smallest absolute Gasteiger partial charge is 0.271 e. The number of hydrogen-bond acceptors (Lipinski definition) is 6. The average Bonchev–Trinajstić information content (AvgIpc) is 2.82. The van der Waals surface area contributed by atoms with Gasteiger partial charge in [-0.3, -0.25) is 9.10 Å². The van der Waals surface area contributed by atoms with Crippen molar-refractivity contribution in [3.05, 3.63) is 94.5 Å². The number of hydrogen-bond donors (Lipinski definition) is 1. The van der Waals surface area contributed by atoms with E-state index in [1.807, 2.05) is 62.0 Å². The topological polar surface area (TPSA) is 88.1 Å². The molecule has 0 atom stereocenters. The van der Waals surface area contributed by atoms with Crippen LogP contribution in [-0.4, -0.2) is 44.4 Å². The van der Waals surface area contributed by atoms with Crippen molar-refractivity contribution in [2.24, 2.45) is 5.10 Å². The van der Waals surface area contributed by atoms with Gasteiger partial charge in [-0.1, -0.05) is 30.3 Å². The van der Waals surface area contributed by atoms with Gasteiger partial charge in [0.05, 0.1) is 24.7 Å². The number of hydrazone groups is 1. The third-order valence-electron chi connectivity index (χ3n) is 5.87. The number of rotatable bonds is 9. The summed E-state index contributed by atoms with van der Waals surface area (Å²) in [5.41, 5.74) is 7.27. The fraction of sp³-hybridized carbons (Fsp3) is 0.259. The first kappa shape index (κ1) is 25.8. The van der Waals surface area contributed by atoms with Crippen molar-refractivity contribution in [1.82, 2.24) is 5.43 Å². The molecule has 0 bridgehead atoms. The molecule has 1 heterocycles. The van der Waals surface area contributed by atoms with Gasteiger partial charge in [0.25, 0.3) is 5.91 Å². The number of sulfonamides is 1. The lowest BCUT2D eigenvalue weighted by Gasteiger charge is -2.25. The van der Waals surface area contributed by atoms with E-state index in [2.05, 4.69) is 10.5 Å². The monoisotopic (exact) mass is 523 g/mol. The standard InChI is InChI=1S/C27H29N3O4S2/c1-19-7-12-24(13-20(19)2)30(36(3,32)33)16-21-8-10-23(11-9-21)27(31)29-28-15-22-5-4-6-25(14-22)34-26-17-35-18-26/h4-15,26H,16-18H2,1-3H3,(H,29,31)/b28-15-. The number of carbonyl (C=O) groups is 1. The summed E-state index contributed by atoms with van der Waals surface area (Å²) in [6, 6.07) is 20.0. The summed E-state index contributed by atoms with van der Waals surface area (Å²) in [5.74, 6) is 2.44. The molecule has 1 saturated heterocycles. The van der Waals surface area contributed by atoms with Gasteiger partial charge in [-0.2, -0.15) is 16.9 Å². The van der Waals surface area contributed by atoms with Crippen molar-refractivity contribution >= 4 is 39.6 Å². The van der Waals surface area contributed by atoms with Crippen molar-refractivity contribution < 1.29 is 17.9 Å². The number of anilines is 1. The van der Waals surface area contributed by atoms with Gasteiger partial charge in [-0.15, -0.1) is 0 Å². The van der Waals surface area contributed by atoms with Crippen LogP contribution in [0.15, 0.2) is 71.8 Å². The highest BCUT2D eigenvalue weighted by Gasteiger charge is 2.20. The van der Waals surface area contributed by atoms with E-state index >= 15 is 0 Å². The van der Waals surface area contributed by atoms with Crippen molar-refractivity contribution in [2.75, 3.05) is 22.1 Å². The molecule has 1 N–H and O–H groups in total. The van der Waals surface area contributed by atoms with E-state index in [9.17, 15) is 13.2 Å². The molecule has 0 spiro atoms. The number of nitrogens with zero attached hydrogens (tertiary/aromatic N) is 2. The van der Waals surface area contributed by atoms with E-state index in [0.717, 1.165) is 39.5 Å². The van der Waals surface area contributed by atoms with Crippen LogP contribution in [0, 0.1) is 13.8 Å². The van der Waals surface area contributed by atoms with Gasteiger partial charge in [0.1, 0.15) is 11.9 Å². The van der Waals surface area contributed by atoms with Gasteiger partial charge in [-0.05, 0) is 72.5 Å². The van der Waals surface area contributed by atoms with Crippen LogP contribution >= 0.6 is 11.8 Å². The fourth-order valence-corrected chi connectivity index (χ4v) is 5.03. The molecule has 0 unspecified atom stereocenters. The molecule has 1 amide bonds. The minimum Gasteiger partial charge on any atom is -0.489 e. The first-order valence-electron chi connectivity index (χ1n) is 11.5. The molecule has 3 aromatic rings. The molecule has 3 aromatic carbocycles. The second-order valence-corrected chi connectivity index (χ2v) is 11.8. The maximum absolute atomic E-state index is 12.5. The largest absolute Gasteiger partial charge is 0.489 e. The second kappa shape index (κ2) is 11.2. The first-order chi connectivity index (χ1) is 17.2. The SMILES string of the molecule is Cc1ccc(N(Cc2ccc(C(=O)N/N=C\c3cccc(OC4CSC4)c3)cc2)S(C)(=O)=O)cc1C. The van der Waals surface area contributed by atoms with Crippen molar-refractivity contribution in [1.29, 1.82) is 0 Å². The molecule has 0 aromatic heterocycles. The van der Waals surface area contributed by atoms with E-state index < -0.39 is 10.0 Å². The van der Waals surface area contributed by atoms with Crippen LogP contribution in [0.3, 0.4) is 0 Å². The van der Waals surface area contributed by atoms with Gasteiger partial charge in [0.2, 0.25) is 10.0 Å². The van der Waals surface area contributed by atoms with Crippen LogP contribution in [0.1, 0.15) is 32.6 Å². The van der Waals surface area contributed by atoms with E-state index in [-0.39, 0.29) is 18.6 Å². The summed E-state index contributed by atoms with van der Waals surface area (Å²) in [5, 5.41) is 4.06. The zero-order valence-corrected chi connectivity index (χ0v) is 22.1. The van der Waals surface area contributed by atoms with Crippen LogP contribution in [0.4, 0.5) is 5.69 Å². The minimum atomic E-state index is -3.49. The third kappa shape index (κ3) is 6.67. The van der Waals surface area contributed by atoms with Crippen LogP contribution < -0.4 is 14.5 Å². The number of carbonyl (C=O) groups excluding carboxylic acids is 1. The predicted molar refractivity (Wildman–Crippen MR) is 147 cm³/mol. The van der Waals surface area contributed by atoms with Crippen LogP contribution in [0.5, 0.6) is 5.75 Å². The highest BCUT2D eigenvalue weighted by Crippen LogP contribution is 2.25. The Bertz CT molecular complexity index is 1370. The molecule has 1 aliphatic rings. The number of benzene rings is 3. The first-order valence-corrected chi connectivity index (χ1v) is 14.5. The lowest BCUT2D eigenvalue weighted by molar-refractivity contribution is 0.0955. The van der Waals surface area contributed by atoms with Gasteiger partial charge in [0, 0.05) is 17.1 Å². The molecule has 1 fully saturated rings. The molecular formula is C27H29N3O4S2. The van der Waals surface area contributed by atoms with E-state index in [0.29, 0.717) is 11.3 Å². The maximum Gasteiger partial charge on any atom is 0.271 e. The summed E-state index contributed by atoms with van der Waals surface area (Å²) in [6.07, 6.45) is 3.02. The van der Waals surface area contributed by atoms with Crippen molar-refractivity contribution in [3.8, 4) is 5.75 Å². The Morgan fingerprint density at radius 3 is 2.47 bits per heavy atom. The Hall–Kier alpha value is -3.30. The molecule has 36 heavy (non-hydrogen) atoms. The molecule has 188 valence electrons. The molecular weight excluding hydrogens is 494 g/mol. The Labute approximate surface area is 216 Å². The summed E-state index contributed by atoms with van der Waals surface area (Å²) in [4.78, 5) is 12.5. The fourth-order valence-electron chi connectivity index (χ4n) is 3.58. The van der Waals surface area contributed by atoms with E-state index in [4.69, 9.17) is 4.74 Å². The Balaban J connectivity index is 1.38. The van der Waals surface area contributed by atoms with Crippen molar-refractivity contribution in [2.45, 2.75) is 26.5 Å². The second-order valence-electron chi connectivity index (χ2n) is 8.78. The number of aryl methyl sites for hydroxylation is 2. The summed E-state index contributed by atoms with van der Waals surface area (Å²) in [7, 11) is -3.49. The zero-order valence-electron chi connectivity index (χ0n) is 20.5. The highest BCUT2D eigenvalue weighted by atomic mass is 32.2. The minimum absolute atomic E-state index is 0.166. The third-order valence-corrected chi connectivity index (χ3v) is 8.22. The van der Waals surface area contributed by atoms with Gasteiger partial charge in [0.15, 0.2) is 0 Å². The molecule has 4 rings (SSSR count). The Kier molecular flexibility index (Phi) is 8.01.